The number of carboxylic acids is 1. The first-order valence-corrected chi connectivity index (χ1v) is 4.85. The van der Waals surface area contributed by atoms with Gasteiger partial charge in [-0.15, -0.1) is 0 Å². The van der Waals surface area contributed by atoms with Gasteiger partial charge in [-0.1, -0.05) is 13.0 Å². The number of carbonyl (C=O) groups is 1. The van der Waals surface area contributed by atoms with Crippen LogP contribution in [0.3, 0.4) is 0 Å². The molecule has 0 heterocycles. The molecule has 0 spiro atoms. The molecule has 16 heavy (non-hydrogen) atoms. The highest BCUT2D eigenvalue weighted by Crippen LogP contribution is 2.28. The second-order valence-electron chi connectivity index (χ2n) is 3.70. The van der Waals surface area contributed by atoms with Gasteiger partial charge in [0.05, 0.1) is 12.0 Å². The van der Waals surface area contributed by atoms with E-state index in [1.807, 2.05) is 0 Å². The van der Waals surface area contributed by atoms with E-state index in [1.54, 1.807) is 6.92 Å². The summed E-state index contributed by atoms with van der Waals surface area (Å²) < 4.78 is 26.2. The Morgan fingerprint density at radius 3 is 2.56 bits per heavy atom. The largest absolute Gasteiger partial charge is 0.481 e. The molecule has 0 fully saturated rings. The number of benzene rings is 1. The molecule has 0 aromatic heterocycles. The molecule has 0 amide bonds. The highest BCUT2D eigenvalue weighted by atomic mass is 19.1. The predicted molar refractivity (Wildman–Crippen MR) is 54.8 cm³/mol. The Morgan fingerprint density at radius 1 is 1.50 bits per heavy atom. The molecule has 1 atom stereocenters. The Balaban J connectivity index is 3.17. The summed E-state index contributed by atoms with van der Waals surface area (Å²) >= 11 is 0. The van der Waals surface area contributed by atoms with Crippen LogP contribution in [0.25, 0.3) is 0 Å². The molecule has 3 N–H and O–H groups in total. The molecule has 0 bridgehead atoms. The third-order valence-corrected chi connectivity index (χ3v) is 2.57. The van der Waals surface area contributed by atoms with Crippen molar-refractivity contribution in [2.45, 2.75) is 25.3 Å². The number of aliphatic carboxylic acids is 1. The van der Waals surface area contributed by atoms with Crippen molar-refractivity contribution in [3.05, 3.63) is 35.4 Å². The van der Waals surface area contributed by atoms with E-state index in [2.05, 4.69) is 0 Å². The fourth-order valence-corrected chi connectivity index (χ4v) is 1.57. The lowest BCUT2D eigenvalue weighted by atomic mass is 9.85. The Kier molecular flexibility index (Phi) is 3.59. The monoisotopic (exact) mass is 229 g/mol. The average molecular weight is 229 g/mol. The van der Waals surface area contributed by atoms with Gasteiger partial charge in [-0.3, -0.25) is 4.79 Å². The quantitative estimate of drug-likeness (QED) is 0.830. The fraction of sp³-hybridized carbons (Fsp3) is 0.364. The first-order chi connectivity index (χ1) is 7.39. The van der Waals surface area contributed by atoms with Gasteiger partial charge in [0.15, 0.2) is 0 Å². The van der Waals surface area contributed by atoms with Gasteiger partial charge in [0.2, 0.25) is 0 Å². The molecular formula is C11H13F2NO2. The summed E-state index contributed by atoms with van der Waals surface area (Å²) in [5.41, 5.74) is 4.55. The maximum atomic E-state index is 13.5. The van der Waals surface area contributed by atoms with Crippen LogP contribution in [0, 0.1) is 11.6 Å². The van der Waals surface area contributed by atoms with Crippen molar-refractivity contribution in [1.82, 2.24) is 0 Å². The number of carboxylic acid groups (broad SMARTS) is 1. The normalized spacial score (nSPS) is 14.5. The van der Waals surface area contributed by atoms with Gasteiger partial charge in [0.1, 0.15) is 11.6 Å². The molecule has 3 nitrogen and oxygen atoms in total. The van der Waals surface area contributed by atoms with Crippen LogP contribution >= 0.6 is 0 Å². The second kappa shape index (κ2) is 4.57. The van der Waals surface area contributed by atoms with E-state index in [9.17, 15) is 13.6 Å². The molecule has 0 radical (unpaired) electrons. The van der Waals surface area contributed by atoms with Crippen LogP contribution in [0.2, 0.25) is 0 Å². The standard InChI is InChI=1S/C11H13F2NO2/c1-2-11(14,6-10(15)16)8-4-3-7(12)5-9(8)13/h3-5H,2,6,14H2,1H3,(H,15,16). The number of halogens is 2. The number of hydrogen-bond acceptors (Lipinski definition) is 2. The van der Waals surface area contributed by atoms with Crippen LogP contribution in [0.4, 0.5) is 8.78 Å². The molecule has 1 unspecified atom stereocenters. The molecular weight excluding hydrogens is 216 g/mol. The highest BCUT2D eigenvalue weighted by molar-refractivity contribution is 5.69. The summed E-state index contributed by atoms with van der Waals surface area (Å²) in [6.45, 7) is 1.66. The van der Waals surface area contributed by atoms with Gasteiger partial charge in [-0.2, -0.15) is 0 Å². The smallest absolute Gasteiger partial charge is 0.305 e. The molecule has 0 saturated carbocycles. The Morgan fingerprint density at radius 2 is 2.12 bits per heavy atom. The van der Waals surface area contributed by atoms with Crippen LogP contribution in [0.1, 0.15) is 25.3 Å². The first-order valence-electron chi connectivity index (χ1n) is 4.85. The molecule has 1 aromatic rings. The van der Waals surface area contributed by atoms with Gasteiger partial charge in [0.25, 0.3) is 0 Å². The summed E-state index contributed by atoms with van der Waals surface area (Å²) in [5.74, 6) is -2.64. The molecule has 1 rings (SSSR count). The van der Waals surface area contributed by atoms with Crippen molar-refractivity contribution in [3.63, 3.8) is 0 Å². The lowest BCUT2D eigenvalue weighted by Gasteiger charge is -2.27. The molecule has 0 aliphatic rings. The van der Waals surface area contributed by atoms with Crippen LogP contribution in [0.15, 0.2) is 18.2 Å². The third-order valence-electron chi connectivity index (χ3n) is 2.57. The summed E-state index contributed by atoms with van der Waals surface area (Å²) in [4.78, 5) is 10.6. The zero-order chi connectivity index (χ0) is 12.3. The highest BCUT2D eigenvalue weighted by Gasteiger charge is 2.31. The summed E-state index contributed by atoms with van der Waals surface area (Å²) in [7, 11) is 0. The van der Waals surface area contributed by atoms with Crippen LogP contribution < -0.4 is 5.73 Å². The van der Waals surface area contributed by atoms with Crippen molar-refractivity contribution in [2.75, 3.05) is 0 Å². The zero-order valence-electron chi connectivity index (χ0n) is 8.84. The van der Waals surface area contributed by atoms with E-state index < -0.39 is 29.6 Å². The molecule has 5 heteroatoms. The van der Waals surface area contributed by atoms with E-state index >= 15 is 0 Å². The zero-order valence-corrected chi connectivity index (χ0v) is 8.84. The predicted octanol–water partition coefficient (Wildman–Crippen LogP) is 2.00. The van der Waals surface area contributed by atoms with Crippen LogP contribution in [-0.4, -0.2) is 11.1 Å². The van der Waals surface area contributed by atoms with E-state index in [4.69, 9.17) is 10.8 Å². The van der Waals surface area contributed by atoms with Gasteiger partial charge in [-0.05, 0) is 12.5 Å². The third kappa shape index (κ3) is 2.55. The van der Waals surface area contributed by atoms with Gasteiger partial charge in [-0.25, -0.2) is 8.78 Å². The summed E-state index contributed by atoms with van der Waals surface area (Å²) in [6.07, 6.45) is -0.145. The van der Waals surface area contributed by atoms with Crippen molar-refractivity contribution >= 4 is 5.97 Å². The van der Waals surface area contributed by atoms with Gasteiger partial charge in [0, 0.05) is 11.6 Å². The van der Waals surface area contributed by atoms with Crippen molar-refractivity contribution in [1.29, 1.82) is 0 Å². The fourth-order valence-electron chi connectivity index (χ4n) is 1.57. The summed E-state index contributed by atoms with van der Waals surface area (Å²) in [6, 6.07) is 2.96. The van der Waals surface area contributed by atoms with Gasteiger partial charge < -0.3 is 10.8 Å². The van der Waals surface area contributed by atoms with Crippen molar-refractivity contribution < 1.29 is 18.7 Å². The molecule has 0 aliphatic heterocycles. The van der Waals surface area contributed by atoms with E-state index in [1.165, 1.54) is 6.07 Å². The minimum absolute atomic E-state index is 0.0267. The van der Waals surface area contributed by atoms with Crippen LogP contribution in [-0.2, 0) is 10.3 Å². The molecule has 1 aromatic carbocycles. The van der Waals surface area contributed by atoms with E-state index in [0.29, 0.717) is 6.07 Å². The Bertz CT molecular complexity index is 409. The van der Waals surface area contributed by atoms with E-state index in [-0.39, 0.29) is 12.0 Å². The lowest BCUT2D eigenvalue weighted by Crippen LogP contribution is -2.39. The summed E-state index contributed by atoms with van der Waals surface area (Å²) in [5, 5.41) is 8.71. The number of nitrogens with two attached hydrogens (primary N) is 1. The second-order valence-corrected chi connectivity index (χ2v) is 3.70. The molecule has 88 valence electrons. The first kappa shape index (κ1) is 12.6. The average Bonchev–Trinajstić information content (AvgIpc) is 2.16. The minimum Gasteiger partial charge on any atom is -0.481 e. The number of hydrogen-bond donors (Lipinski definition) is 2. The topological polar surface area (TPSA) is 63.3 Å². The van der Waals surface area contributed by atoms with Crippen molar-refractivity contribution in [3.8, 4) is 0 Å². The molecule has 0 aliphatic carbocycles. The Hall–Kier alpha value is -1.49. The SMILES string of the molecule is CCC(N)(CC(=O)O)c1ccc(F)cc1F. The van der Waals surface area contributed by atoms with Crippen molar-refractivity contribution in [2.24, 2.45) is 5.73 Å². The van der Waals surface area contributed by atoms with Crippen LogP contribution in [0.5, 0.6) is 0 Å². The maximum Gasteiger partial charge on any atom is 0.305 e. The Labute approximate surface area is 91.9 Å². The van der Waals surface area contributed by atoms with Gasteiger partial charge >= 0.3 is 5.97 Å². The lowest BCUT2D eigenvalue weighted by molar-refractivity contribution is -0.138. The molecule has 0 saturated heterocycles. The maximum absolute atomic E-state index is 13.5. The number of rotatable bonds is 4. The van der Waals surface area contributed by atoms with E-state index in [0.717, 1.165) is 6.07 Å². The minimum atomic E-state index is -1.30.